The second kappa shape index (κ2) is 10.7. The summed E-state index contributed by atoms with van der Waals surface area (Å²) < 4.78 is 7.18. The van der Waals surface area contributed by atoms with Crippen molar-refractivity contribution in [3.63, 3.8) is 0 Å². The zero-order chi connectivity index (χ0) is 23.9. The van der Waals surface area contributed by atoms with Gasteiger partial charge in [0.05, 0.1) is 12.9 Å². The Morgan fingerprint density at radius 1 is 0.941 bits per heavy atom. The quantitative estimate of drug-likeness (QED) is 0.375. The molecule has 0 atom stereocenters. The van der Waals surface area contributed by atoms with Crippen molar-refractivity contribution in [2.75, 3.05) is 25.2 Å². The fourth-order valence-corrected chi connectivity index (χ4v) is 4.03. The molecule has 3 aromatic carbocycles. The van der Waals surface area contributed by atoms with Crippen molar-refractivity contribution in [3.8, 4) is 22.8 Å². The van der Waals surface area contributed by atoms with Crippen molar-refractivity contribution in [1.82, 2.24) is 20.1 Å². The number of ether oxygens (including phenoxy) is 1. The highest BCUT2D eigenvalue weighted by molar-refractivity contribution is 7.99. The molecule has 4 aromatic rings. The van der Waals surface area contributed by atoms with Gasteiger partial charge < -0.3 is 15.4 Å². The molecule has 1 aromatic heterocycles. The number of methoxy groups -OCH3 is 1. The zero-order valence-corrected chi connectivity index (χ0v) is 19.5. The molecule has 0 bridgehead atoms. The number of carbonyl (C=O) groups excluding carboxylic acids is 2. The average molecular weight is 474 g/mol. The van der Waals surface area contributed by atoms with Gasteiger partial charge in [0.2, 0.25) is 5.91 Å². The summed E-state index contributed by atoms with van der Waals surface area (Å²) >= 11 is 1.29. The summed E-state index contributed by atoms with van der Waals surface area (Å²) in [5.74, 6) is 1.20. The predicted octanol–water partition coefficient (Wildman–Crippen LogP) is 4.03. The number of hydrogen-bond acceptors (Lipinski definition) is 6. The fraction of sp³-hybridized carbons (Fsp3) is 0.120. The van der Waals surface area contributed by atoms with Crippen LogP contribution in [0.1, 0.15) is 10.4 Å². The lowest BCUT2D eigenvalue weighted by Crippen LogP contribution is -2.18. The first-order chi connectivity index (χ1) is 16.6. The summed E-state index contributed by atoms with van der Waals surface area (Å²) in [6.45, 7) is 0. The van der Waals surface area contributed by atoms with E-state index in [0.717, 1.165) is 17.0 Å². The number of carbonyl (C=O) groups is 2. The maximum atomic E-state index is 12.6. The average Bonchev–Trinajstić information content (AvgIpc) is 3.32. The predicted molar refractivity (Wildman–Crippen MR) is 133 cm³/mol. The molecule has 34 heavy (non-hydrogen) atoms. The van der Waals surface area contributed by atoms with Gasteiger partial charge in [-0.25, -0.2) is 0 Å². The van der Waals surface area contributed by atoms with Crippen molar-refractivity contribution in [3.05, 3.63) is 84.4 Å². The molecule has 8 nitrogen and oxygen atoms in total. The van der Waals surface area contributed by atoms with E-state index in [2.05, 4.69) is 20.8 Å². The fourth-order valence-electron chi connectivity index (χ4n) is 3.28. The van der Waals surface area contributed by atoms with Crippen LogP contribution < -0.4 is 15.4 Å². The molecule has 0 radical (unpaired) electrons. The highest BCUT2D eigenvalue weighted by Crippen LogP contribution is 2.29. The number of nitrogens with zero attached hydrogens (tertiary/aromatic N) is 3. The summed E-state index contributed by atoms with van der Waals surface area (Å²) in [5, 5.41) is 14.8. The first-order valence-corrected chi connectivity index (χ1v) is 11.5. The number of hydrogen-bond donors (Lipinski definition) is 2. The summed E-state index contributed by atoms with van der Waals surface area (Å²) in [6, 6.07) is 24.1. The molecule has 0 saturated heterocycles. The van der Waals surface area contributed by atoms with Gasteiger partial charge in [-0.2, -0.15) is 0 Å². The standard InChI is InChI=1S/C25H23N5O3S/c1-26-24(32)18-8-12-19(13-9-18)27-22(31)16-34-25-29-28-23(17-10-14-21(33-2)15-11-17)30(25)20-6-4-3-5-7-20/h3-15H,16H2,1-2H3,(H,26,32)(H,27,31). The van der Waals surface area contributed by atoms with Crippen LogP contribution in [0.3, 0.4) is 0 Å². The van der Waals surface area contributed by atoms with Crippen molar-refractivity contribution < 1.29 is 14.3 Å². The Morgan fingerprint density at radius 3 is 2.29 bits per heavy atom. The summed E-state index contributed by atoms with van der Waals surface area (Å²) in [4.78, 5) is 24.2. The summed E-state index contributed by atoms with van der Waals surface area (Å²) in [6.07, 6.45) is 0. The molecule has 0 aliphatic rings. The highest BCUT2D eigenvalue weighted by atomic mass is 32.2. The molecule has 0 saturated carbocycles. The number of thioether (sulfide) groups is 1. The molecule has 0 fully saturated rings. The number of para-hydroxylation sites is 1. The maximum absolute atomic E-state index is 12.6. The second-order valence-electron chi connectivity index (χ2n) is 7.20. The lowest BCUT2D eigenvalue weighted by molar-refractivity contribution is -0.113. The van der Waals surface area contributed by atoms with Gasteiger partial charge in [0.1, 0.15) is 5.75 Å². The van der Waals surface area contributed by atoms with E-state index in [1.165, 1.54) is 11.8 Å². The van der Waals surface area contributed by atoms with Gasteiger partial charge in [-0.15, -0.1) is 10.2 Å². The van der Waals surface area contributed by atoms with Crippen LogP contribution in [0.4, 0.5) is 5.69 Å². The van der Waals surface area contributed by atoms with E-state index in [1.807, 2.05) is 59.2 Å². The van der Waals surface area contributed by atoms with Gasteiger partial charge in [0.25, 0.3) is 5.91 Å². The Kier molecular flexibility index (Phi) is 7.24. The van der Waals surface area contributed by atoms with Crippen LogP contribution in [-0.4, -0.2) is 46.5 Å². The summed E-state index contributed by atoms with van der Waals surface area (Å²) in [7, 11) is 3.20. The second-order valence-corrected chi connectivity index (χ2v) is 8.14. The molecule has 0 spiro atoms. The molecule has 2 amide bonds. The first-order valence-electron chi connectivity index (χ1n) is 10.5. The normalized spacial score (nSPS) is 10.5. The molecular formula is C25H23N5O3S. The van der Waals surface area contributed by atoms with Gasteiger partial charge in [-0.3, -0.25) is 14.2 Å². The largest absolute Gasteiger partial charge is 0.497 e. The number of rotatable bonds is 8. The van der Waals surface area contributed by atoms with Gasteiger partial charge in [-0.1, -0.05) is 30.0 Å². The third-order valence-corrected chi connectivity index (χ3v) is 5.92. The molecule has 172 valence electrons. The first kappa shape index (κ1) is 23.1. The Labute approximate surface area is 201 Å². The lowest BCUT2D eigenvalue weighted by atomic mass is 10.2. The van der Waals surface area contributed by atoms with Gasteiger partial charge in [-0.05, 0) is 60.7 Å². The third-order valence-electron chi connectivity index (χ3n) is 4.99. The van der Waals surface area contributed by atoms with Crippen LogP contribution >= 0.6 is 11.8 Å². The number of amides is 2. The van der Waals surface area contributed by atoms with Crippen LogP contribution in [0.25, 0.3) is 17.1 Å². The van der Waals surface area contributed by atoms with E-state index < -0.39 is 0 Å². The molecule has 2 N–H and O–H groups in total. The minimum atomic E-state index is -0.189. The van der Waals surface area contributed by atoms with Gasteiger partial charge in [0, 0.05) is 29.5 Å². The topological polar surface area (TPSA) is 98.1 Å². The smallest absolute Gasteiger partial charge is 0.251 e. The van der Waals surface area contributed by atoms with E-state index in [1.54, 1.807) is 38.4 Å². The monoisotopic (exact) mass is 473 g/mol. The van der Waals surface area contributed by atoms with Crippen molar-refractivity contribution >= 4 is 29.3 Å². The minimum absolute atomic E-state index is 0.144. The van der Waals surface area contributed by atoms with Crippen LogP contribution in [0, 0.1) is 0 Å². The van der Waals surface area contributed by atoms with Crippen LogP contribution in [0.2, 0.25) is 0 Å². The van der Waals surface area contributed by atoms with E-state index in [9.17, 15) is 9.59 Å². The molecule has 0 aliphatic carbocycles. The molecular weight excluding hydrogens is 450 g/mol. The zero-order valence-electron chi connectivity index (χ0n) is 18.7. The van der Waals surface area contributed by atoms with E-state index >= 15 is 0 Å². The molecule has 0 unspecified atom stereocenters. The van der Waals surface area contributed by atoms with E-state index in [4.69, 9.17) is 4.74 Å². The Morgan fingerprint density at radius 2 is 1.65 bits per heavy atom. The van der Waals surface area contributed by atoms with Crippen LogP contribution in [0.15, 0.2) is 84.0 Å². The molecule has 4 rings (SSSR count). The number of nitrogens with one attached hydrogen (secondary N) is 2. The van der Waals surface area contributed by atoms with Crippen LogP contribution in [-0.2, 0) is 4.79 Å². The van der Waals surface area contributed by atoms with Crippen molar-refractivity contribution in [1.29, 1.82) is 0 Å². The Hall–Kier alpha value is -4.11. The highest BCUT2D eigenvalue weighted by Gasteiger charge is 2.17. The van der Waals surface area contributed by atoms with E-state index in [0.29, 0.717) is 22.2 Å². The minimum Gasteiger partial charge on any atom is -0.497 e. The van der Waals surface area contributed by atoms with E-state index in [-0.39, 0.29) is 17.6 Å². The molecule has 0 aliphatic heterocycles. The number of anilines is 1. The number of aromatic nitrogens is 3. The van der Waals surface area contributed by atoms with Gasteiger partial charge in [0.15, 0.2) is 11.0 Å². The van der Waals surface area contributed by atoms with Crippen molar-refractivity contribution in [2.45, 2.75) is 5.16 Å². The van der Waals surface area contributed by atoms with Gasteiger partial charge >= 0.3 is 0 Å². The molecule has 1 heterocycles. The van der Waals surface area contributed by atoms with Crippen LogP contribution in [0.5, 0.6) is 5.75 Å². The lowest BCUT2D eigenvalue weighted by Gasteiger charge is -2.11. The maximum Gasteiger partial charge on any atom is 0.251 e. The summed E-state index contributed by atoms with van der Waals surface area (Å²) in [5.41, 5.74) is 2.91. The molecule has 9 heteroatoms. The van der Waals surface area contributed by atoms with Crippen molar-refractivity contribution in [2.24, 2.45) is 0 Å². The Balaban J connectivity index is 1.52. The Bertz CT molecular complexity index is 1270. The third kappa shape index (κ3) is 5.26. The number of benzene rings is 3. The SMILES string of the molecule is CNC(=O)c1ccc(NC(=O)CSc2nnc(-c3ccc(OC)cc3)n2-c2ccccc2)cc1.